The van der Waals surface area contributed by atoms with Crippen molar-refractivity contribution in [3.63, 3.8) is 0 Å². The quantitative estimate of drug-likeness (QED) is 0.486. The number of aromatic nitrogens is 3. The normalized spacial score (nSPS) is 12.7. The number of benzene rings is 2. The summed E-state index contributed by atoms with van der Waals surface area (Å²) in [6, 6.07) is 14.3. The summed E-state index contributed by atoms with van der Waals surface area (Å²) in [5.74, 6) is 1.58. The van der Waals surface area contributed by atoms with Gasteiger partial charge in [0.1, 0.15) is 17.0 Å². The highest BCUT2D eigenvalue weighted by atomic mass is 32.2. The summed E-state index contributed by atoms with van der Waals surface area (Å²) in [6.45, 7) is 6.41. The molecule has 0 saturated carbocycles. The second-order valence-corrected chi connectivity index (χ2v) is 9.93. The molecule has 5 heteroatoms. The van der Waals surface area contributed by atoms with Crippen LogP contribution in [0.2, 0.25) is 0 Å². The molecule has 0 bridgehead atoms. The highest BCUT2D eigenvalue weighted by Gasteiger charge is 2.21. The average molecular weight is 366 g/mol. The Kier molecular flexibility index (Phi) is 3.99. The third-order valence-corrected chi connectivity index (χ3v) is 5.33. The van der Waals surface area contributed by atoms with Gasteiger partial charge in [-0.15, -0.1) is 0 Å². The zero-order valence-electron chi connectivity index (χ0n) is 15.7. The van der Waals surface area contributed by atoms with Gasteiger partial charge in [-0.05, 0) is 36.8 Å². The molecule has 4 aromatic rings. The number of furan rings is 1. The lowest BCUT2D eigenvalue weighted by Crippen LogP contribution is -2.18. The van der Waals surface area contributed by atoms with Crippen LogP contribution in [-0.4, -0.2) is 27.5 Å². The lowest BCUT2D eigenvalue weighted by atomic mass is 9.96. The van der Waals surface area contributed by atoms with E-state index in [-0.39, 0.29) is 5.41 Å². The van der Waals surface area contributed by atoms with E-state index in [4.69, 9.17) is 19.4 Å². The highest BCUT2D eigenvalue weighted by Crippen LogP contribution is 2.33. The van der Waals surface area contributed by atoms with Crippen LogP contribution in [0.5, 0.6) is 0 Å². The summed E-state index contributed by atoms with van der Waals surface area (Å²) >= 11 is 0. The second-order valence-electron chi connectivity index (χ2n) is 7.74. The minimum atomic E-state index is -0.400. The molecule has 2 aromatic heterocycles. The lowest BCUT2D eigenvalue weighted by molar-refractivity contribution is 0.532. The minimum absolute atomic E-state index is 0.121. The highest BCUT2D eigenvalue weighted by molar-refractivity contribution is 8.15. The van der Waals surface area contributed by atoms with E-state index >= 15 is 0 Å². The number of para-hydroxylation sites is 1. The second kappa shape index (κ2) is 6.09. The predicted octanol–water partition coefficient (Wildman–Crippen LogP) is 5.36. The molecule has 4 rings (SSSR count). The fourth-order valence-corrected chi connectivity index (χ4v) is 3.48. The van der Waals surface area contributed by atoms with Crippen LogP contribution < -0.4 is 0 Å². The van der Waals surface area contributed by atoms with Gasteiger partial charge in [0.2, 0.25) is 0 Å². The van der Waals surface area contributed by atoms with Crippen LogP contribution in [0.25, 0.3) is 33.3 Å². The number of hydrogen-bond donors (Lipinski definition) is 1. The Bertz CT molecular complexity index is 1110. The van der Waals surface area contributed by atoms with Crippen LogP contribution in [0, 0.1) is 0 Å². The SMILES string of the molecule is C[SH](C)c1nc(-c2ccc3oc4ccccc4c3c2)nc(C(C)(C)C)n1. The molecule has 2 aromatic carbocycles. The number of hydrogen-bond acceptors (Lipinski definition) is 4. The first kappa shape index (κ1) is 17.0. The summed E-state index contributed by atoms with van der Waals surface area (Å²) in [5, 5.41) is 3.10. The van der Waals surface area contributed by atoms with Crippen LogP contribution in [0.1, 0.15) is 26.6 Å². The molecule has 0 aliphatic rings. The van der Waals surface area contributed by atoms with Crippen molar-refractivity contribution in [1.82, 2.24) is 15.0 Å². The van der Waals surface area contributed by atoms with Gasteiger partial charge in [0.25, 0.3) is 0 Å². The van der Waals surface area contributed by atoms with E-state index < -0.39 is 10.9 Å². The number of nitrogens with zero attached hydrogens (tertiary/aromatic N) is 3. The van der Waals surface area contributed by atoms with Crippen molar-refractivity contribution >= 4 is 32.8 Å². The van der Waals surface area contributed by atoms with Crippen LogP contribution in [-0.2, 0) is 5.41 Å². The maximum absolute atomic E-state index is 5.93. The molecule has 0 spiro atoms. The summed E-state index contributed by atoms with van der Waals surface area (Å²) in [4.78, 5) is 14.3. The van der Waals surface area contributed by atoms with E-state index in [0.29, 0.717) is 0 Å². The van der Waals surface area contributed by atoms with Crippen molar-refractivity contribution in [3.8, 4) is 11.4 Å². The van der Waals surface area contributed by atoms with Crippen molar-refractivity contribution in [1.29, 1.82) is 0 Å². The molecule has 0 radical (unpaired) electrons. The Morgan fingerprint density at radius 3 is 2.31 bits per heavy atom. The molecule has 0 aliphatic heterocycles. The fraction of sp³-hybridized carbons (Fsp3) is 0.286. The molecule has 2 heterocycles. The van der Waals surface area contributed by atoms with E-state index in [9.17, 15) is 0 Å². The molecular formula is C21H23N3OS. The summed E-state index contributed by atoms with van der Waals surface area (Å²) in [7, 11) is -0.400. The minimum Gasteiger partial charge on any atom is -0.456 e. The van der Waals surface area contributed by atoms with Gasteiger partial charge < -0.3 is 4.42 Å². The van der Waals surface area contributed by atoms with Gasteiger partial charge in [0.05, 0.1) is 0 Å². The van der Waals surface area contributed by atoms with Gasteiger partial charge in [0, 0.05) is 21.8 Å². The molecule has 0 fully saturated rings. The Morgan fingerprint density at radius 2 is 1.58 bits per heavy atom. The van der Waals surface area contributed by atoms with Gasteiger partial charge in [-0.3, -0.25) is 0 Å². The molecule has 0 amide bonds. The van der Waals surface area contributed by atoms with Gasteiger partial charge >= 0.3 is 0 Å². The zero-order chi connectivity index (χ0) is 18.5. The number of rotatable bonds is 2. The Morgan fingerprint density at radius 1 is 0.846 bits per heavy atom. The fourth-order valence-electron chi connectivity index (χ4n) is 2.89. The number of fused-ring (bicyclic) bond motifs is 3. The average Bonchev–Trinajstić information content (AvgIpc) is 2.98. The van der Waals surface area contributed by atoms with Gasteiger partial charge in [0.15, 0.2) is 11.0 Å². The van der Waals surface area contributed by atoms with E-state index in [1.54, 1.807) is 0 Å². The van der Waals surface area contributed by atoms with Crippen molar-refractivity contribution in [2.24, 2.45) is 0 Å². The van der Waals surface area contributed by atoms with E-state index in [0.717, 1.165) is 44.3 Å². The van der Waals surface area contributed by atoms with E-state index in [1.807, 2.05) is 30.3 Å². The molecule has 26 heavy (non-hydrogen) atoms. The topological polar surface area (TPSA) is 51.8 Å². The van der Waals surface area contributed by atoms with Gasteiger partial charge in [-0.2, -0.15) is 10.9 Å². The van der Waals surface area contributed by atoms with Gasteiger partial charge in [-0.1, -0.05) is 39.0 Å². The van der Waals surface area contributed by atoms with Crippen molar-refractivity contribution in [3.05, 3.63) is 48.3 Å². The van der Waals surface area contributed by atoms with Gasteiger partial charge in [-0.25, -0.2) is 15.0 Å². The molecule has 0 aliphatic carbocycles. The molecule has 0 N–H and O–H groups in total. The third kappa shape index (κ3) is 2.97. The first-order valence-corrected chi connectivity index (χ1v) is 10.9. The van der Waals surface area contributed by atoms with Crippen LogP contribution in [0.4, 0.5) is 0 Å². The maximum Gasteiger partial charge on any atom is 0.170 e. The monoisotopic (exact) mass is 365 g/mol. The van der Waals surface area contributed by atoms with Crippen LogP contribution in [0.3, 0.4) is 0 Å². The number of thiol groups is 1. The smallest absolute Gasteiger partial charge is 0.170 e. The Balaban J connectivity index is 1.94. The molecule has 0 unspecified atom stereocenters. The Hall–Kier alpha value is -2.40. The van der Waals surface area contributed by atoms with Crippen molar-refractivity contribution < 1.29 is 4.42 Å². The Labute approximate surface area is 156 Å². The largest absolute Gasteiger partial charge is 0.456 e. The predicted molar refractivity (Wildman–Crippen MR) is 110 cm³/mol. The summed E-state index contributed by atoms with van der Waals surface area (Å²) in [5.41, 5.74) is 2.66. The lowest BCUT2D eigenvalue weighted by Gasteiger charge is -2.19. The standard InChI is InChI=1S/C21H23N3OS/c1-21(2,3)19-22-18(23-20(24-19)26(4)5)13-10-11-17-15(12-13)14-8-6-7-9-16(14)25-17/h6-12,26H,1-5H3. The zero-order valence-corrected chi connectivity index (χ0v) is 16.6. The van der Waals surface area contributed by atoms with Crippen LogP contribution in [0.15, 0.2) is 52.0 Å². The van der Waals surface area contributed by atoms with E-state index in [2.05, 4.69) is 45.4 Å². The van der Waals surface area contributed by atoms with Crippen molar-refractivity contribution in [2.45, 2.75) is 31.3 Å². The van der Waals surface area contributed by atoms with E-state index in [1.165, 1.54) is 0 Å². The molecular weight excluding hydrogens is 342 g/mol. The van der Waals surface area contributed by atoms with Crippen molar-refractivity contribution in [2.75, 3.05) is 12.5 Å². The molecule has 0 atom stereocenters. The first-order valence-electron chi connectivity index (χ1n) is 8.68. The summed E-state index contributed by atoms with van der Waals surface area (Å²) < 4.78 is 5.93. The molecule has 0 saturated heterocycles. The maximum atomic E-state index is 5.93. The van der Waals surface area contributed by atoms with Crippen LogP contribution >= 0.6 is 10.9 Å². The molecule has 134 valence electrons. The molecule has 4 nitrogen and oxygen atoms in total. The first-order chi connectivity index (χ1) is 12.3. The summed E-state index contributed by atoms with van der Waals surface area (Å²) in [6.07, 6.45) is 4.35. The third-order valence-electron chi connectivity index (χ3n) is 4.33.